The first-order chi connectivity index (χ1) is 14.7. The monoisotopic (exact) mass is 400 g/mol. The second-order valence-corrected chi connectivity index (χ2v) is 8.06. The van der Waals surface area contributed by atoms with Crippen LogP contribution in [0, 0.1) is 5.92 Å². The summed E-state index contributed by atoms with van der Waals surface area (Å²) in [4.78, 5) is 21.9. The molecule has 1 aromatic carbocycles. The second kappa shape index (κ2) is 7.74. The van der Waals surface area contributed by atoms with Crippen LogP contribution in [-0.2, 0) is 0 Å². The smallest absolute Gasteiger partial charge is 0.252 e. The summed E-state index contributed by atoms with van der Waals surface area (Å²) in [5, 5.41) is 8.38. The van der Waals surface area contributed by atoms with E-state index < -0.39 is 0 Å². The molecule has 0 radical (unpaired) electrons. The fourth-order valence-corrected chi connectivity index (χ4v) is 4.34. The number of nitrogens with zero attached hydrogens (tertiary/aromatic N) is 5. The largest absolute Gasteiger partial charge is 0.324 e. The molecule has 30 heavy (non-hydrogen) atoms. The Morgan fingerprint density at radius 1 is 1.10 bits per heavy atom. The number of pyridine rings is 1. The van der Waals surface area contributed by atoms with Gasteiger partial charge in [0.25, 0.3) is 5.56 Å². The van der Waals surface area contributed by atoms with E-state index in [1.165, 1.54) is 6.42 Å². The third kappa shape index (κ3) is 3.58. The van der Waals surface area contributed by atoms with E-state index in [4.69, 9.17) is 4.98 Å². The first-order valence-electron chi connectivity index (χ1n) is 10.4. The standard InChI is InChI=1S/C23H24N6O/c1-16-4-2-5-20(14-16)29-21(30)11-6-17-15-24-23(27-22(17)29)26-18-7-9-19(10-8-18)28-13-3-12-25-28/h3,6-13,15-16,20H,2,4-5,14H2,1H3,(H,24,26,27). The van der Waals surface area contributed by atoms with Crippen molar-refractivity contribution in [2.24, 2.45) is 5.92 Å². The van der Waals surface area contributed by atoms with Gasteiger partial charge in [-0.25, -0.2) is 9.67 Å². The van der Waals surface area contributed by atoms with Crippen molar-refractivity contribution in [3.05, 3.63) is 71.4 Å². The Kier molecular flexibility index (Phi) is 4.78. The molecule has 0 spiro atoms. The van der Waals surface area contributed by atoms with Crippen LogP contribution in [0.25, 0.3) is 16.7 Å². The van der Waals surface area contributed by atoms with Gasteiger partial charge in [0.05, 0.1) is 5.69 Å². The van der Waals surface area contributed by atoms with Gasteiger partial charge in [0.2, 0.25) is 5.95 Å². The van der Waals surface area contributed by atoms with E-state index in [-0.39, 0.29) is 11.6 Å². The predicted molar refractivity (Wildman–Crippen MR) is 117 cm³/mol. The Morgan fingerprint density at radius 3 is 2.73 bits per heavy atom. The Bertz CT molecular complexity index is 1210. The highest BCUT2D eigenvalue weighted by Gasteiger charge is 2.23. The minimum atomic E-state index is 0.00910. The molecule has 3 aromatic heterocycles. The lowest BCUT2D eigenvalue weighted by atomic mass is 9.87. The van der Waals surface area contributed by atoms with Gasteiger partial charge < -0.3 is 5.32 Å². The van der Waals surface area contributed by atoms with Gasteiger partial charge in [0.15, 0.2) is 0 Å². The first kappa shape index (κ1) is 18.5. The Labute approximate surface area is 174 Å². The zero-order valence-electron chi connectivity index (χ0n) is 16.9. The molecule has 1 aliphatic rings. The maximum atomic E-state index is 12.7. The van der Waals surface area contributed by atoms with Crippen LogP contribution in [0.2, 0.25) is 0 Å². The Morgan fingerprint density at radius 2 is 1.97 bits per heavy atom. The quantitative estimate of drug-likeness (QED) is 0.547. The van der Waals surface area contributed by atoms with Crippen molar-refractivity contribution in [3.8, 4) is 5.69 Å². The van der Waals surface area contributed by atoms with Crippen LogP contribution in [0.1, 0.15) is 38.6 Å². The molecule has 2 atom stereocenters. The highest BCUT2D eigenvalue weighted by Crippen LogP contribution is 2.32. The molecule has 2 unspecified atom stereocenters. The molecule has 1 saturated carbocycles. The number of hydrogen-bond donors (Lipinski definition) is 1. The number of nitrogens with one attached hydrogen (secondary N) is 1. The van der Waals surface area contributed by atoms with Crippen molar-refractivity contribution in [2.75, 3.05) is 5.32 Å². The molecule has 0 aliphatic heterocycles. The van der Waals surface area contributed by atoms with Gasteiger partial charge in [-0.05, 0) is 55.2 Å². The normalized spacial score (nSPS) is 19.1. The van der Waals surface area contributed by atoms with Crippen LogP contribution in [0.5, 0.6) is 0 Å². The molecule has 5 rings (SSSR count). The van der Waals surface area contributed by atoms with Crippen LogP contribution < -0.4 is 10.9 Å². The molecule has 4 aromatic rings. The van der Waals surface area contributed by atoms with Crippen molar-refractivity contribution in [2.45, 2.75) is 38.6 Å². The molecule has 7 heteroatoms. The van der Waals surface area contributed by atoms with Crippen molar-refractivity contribution >= 4 is 22.7 Å². The molecule has 0 amide bonds. The molecule has 1 N–H and O–H groups in total. The number of aromatic nitrogens is 5. The topological polar surface area (TPSA) is 77.6 Å². The third-order valence-corrected chi connectivity index (χ3v) is 5.83. The van der Waals surface area contributed by atoms with Gasteiger partial charge in [0, 0.05) is 41.8 Å². The Hall–Kier alpha value is -3.48. The summed E-state index contributed by atoms with van der Waals surface area (Å²) < 4.78 is 3.68. The van der Waals surface area contributed by atoms with E-state index in [1.807, 2.05) is 47.2 Å². The number of fused-ring (bicyclic) bond motifs is 1. The van der Waals surface area contributed by atoms with Crippen LogP contribution in [0.15, 0.2) is 65.8 Å². The minimum Gasteiger partial charge on any atom is -0.324 e. The van der Waals surface area contributed by atoms with Crippen LogP contribution in [0.3, 0.4) is 0 Å². The number of rotatable bonds is 4. The molecular formula is C23H24N6O. The number of anilines is 2. The van der Waals surface area contributed by atoms with E-state index in [0.717, 1.165) is 36.0 Å². The molecule has 0 saturated heterocycles. The molecule has 1 aliphatic carbocycles. The Balaban J connectivity index is 1.47. The van der Waals surface area contributed by atoms with Crippen LogP contribution >= 0.6 is 0 Å². The minimum absolute atomic E-state index is 0.00910. The maximum Gasteiger partial charge on any atom is 0.252 e. The van der Waals surface area contributed by atoms with Crippen LogP contribution in [0.4, 0.5) is 11.6 Å². The summed E-state index contributed by atoms with van der Waals surface area (Å²) in [7, 11) is 0. The number of benzene rings is 1. The van der Waals surface area contributed by atoms with E-state index in [9.17, 15) is 4.79 Å². The summed E-state index contributed by atoms with van der Waals surface area (Å²) in [5.41, 5.74) is 2.56. The summed E-state index contributed by atoms with van der Waals surface area (Å²) in [5.74, 6) is 1.11. The molecule has 1 fully saturated rings. The second-order valence-electron chi connectivity index (χ2n) is 8.06. The van der Waals surface area contributed by atoms with Gasteiger partial charge in [-0.1, -0.05) is 19.8 Å². The van der Waals surface area contributed by atoms with E-state index in [0.29, 0.717) is 17.5 Å². The van der Waals surface area contributed by atoms with Gasteiger partial charge in [-0.15, -0.1) is 0 Å². The number of hydrogen-bond acceptors (Lipinski definition) is 5. The van der Waals surface area contributed by atoms with E-state index in [1.54, 1.807) is 23.1 Å². The summed E-state index contributed by atoms with van der Waals surface area (Å²) in [6.07, 6.45) is 9.85. The van der Waals surface area contributed by atoms with Crippen molar-refractivity contribution in [1.82, 2.24) is 24.3 Å². The average molecular weight is 400 g/mol. The van der Waals surface area contributed by atoms with Crippen molar-refractivity contribution < 1.29 is 0 Å². The SMILES string of the molecule is CC1CCCC(n2c(=O)ccc3cnc(Nc4ccc(-n5cccn5)cc4)nc32)C1. The van der Waals surface area contributed by atoms with E-state index >= 15 is 0 Å². The third-order valence-electron chi connectivity index (χ3n) is 5.83. The highest BCUT2D eigenvalue weighted by atomic mass is 16.1. The molecule has 3 heterocycles. The lowest BCUT2D eigenvalue weighted by Gasteiger charge is -2.29. The zero-order valence-corrected chi connectivity index (χ0v) is 16.9. The lowest BCUT2D eigenvalue weighted by Crippen LogP contribution is -2.28. The summed E-state index contributed by atoms with van der Waals surface area (Å²) in [6.45, 7) is 2.26. The summed E-state index contributed by atoms with van der Waals surface area (Å²) in [6, 6.07) is 13.4. The molecule has 152 valence electrons. The van der Waals surface area contributed by atoms with E-state index in [2.05, 4.69) is 22.3 Å². The van der Waals surface area contributed by atoms with Crippen LogP contribution in [-0.4, -0.2) is 24.3 Å². The molecular weight excluding hydrogens is 376 g/mol. The van der Waals surface area contributed by atoms with Gasteiger partial charge in [0.1, 0.15) is 5.65 Å². The van der Waals surface area contributed by atoms with Crippen molar-refractivity contribution in [1.29, 1.82) is 0 Å². The maximum absolute atomic E-state index is 12.7. The first-order valence-corrected chi connectivity index (χ1v) is 10.4. The fourth-order valence-electron chi connectivity index (χ4n) is 4.34. The summed E-state index contributed by atoms with van der Waals surface area (Å²) >= 11 is 0. The van der Waals surface area contributed by atoms with Gasteiger partial charge in [-0.3, -0.25) is 9.36 Å². The van der Waals surface area contributed by atoms with Gasteiger partial charge >= 0.3 is 0 Å². The van der Waals surface area contributed by atoms with Crippen molar-refractivity contribution in [3.63, 3.8) is 0 Å². The fraction of sp³-hybridized carbons (Fsp3) is 0.304. The predicted octanol–water partition coefficient (Wildman–Crippen LogP) is 4.47. The average Bonchev–Trinajstić information content (AvgIpc) is 3.29. The van der Waals surface area contributed by atoms with Gasteiger partial charge in [-0.2, -0.15) is 10.1 Å². The zero-order chi connectivity index (χ0) is 20.5. The lowest BCUT2D eigenvalue weighted by molar-refractivity contribution is 0.282. The molecule has 0 bridgehead atoms. The molecule has 7 nitrogen and oxygen atoms in total. The highest BCUT2D eigenvalue weighted by molar-refractivity contribution is 5.75.